The Morgan fingerprint density at radius 2 is 2.12 bits per heavy atom. The molecular formula is C6H12N2. The molecule has 0 saturated heterocycles. The molecule has 0 radical (unpaired) electrons. The second-order valence-electron chi connectivity index (χ2n) is 1.90. The van der Waals surface area contributed by atoms with Crippen LogP contribution in [0.2, 0.25) is 0 Å². The van der Waals surface area contributed by atoms with Crippen LogP contribution in [0.15, 0.2) is 12.3 Å². The summed E-state index contributed by atoms with van der Waals surface area (Å²) in [4.78, 5) is 0. The summed E-state index contributed by atoms with van der Waals surface area (Å²) in [5.41, 5.74) is 0. The fourth-order valence-corrected chi connectivity index (χ4v) is 0.721. The van der Waals surface area contributed by atoms with E-state index in [1.807, 2.05) is 6.20 Å². The fraction of sp³-hybridized carbons (Fsp3) is 0.667. The number of hydrogen-bond donors (Lipinski definition) is 2. The van der Waals surface area contributed by atoms with E-state index in [1.54, 1.807) is 0 Å². The van der Waals surface area contributed by atoms with E-state index in [0.29, 0.717) is 0 Å². The molecular weight excluding hydrogens is 100 g/mol. The Morgan fingerprint density at radius 3 is 3.12 bits per heavy atom. The van der Waals surface area contributed by atoms with Gasteiger partial charge in [-0.15, -0.1) is 0 Å². The summed E-state index contributed by atoms with van der Waals surface area (Å²) in [6.45, 7) is 3.26. The maximum atomic E-state index is 3.27. The van der Waals surface area contributed by atoms with Gasteiger partial charge in [-0.25, -0.2) is 0 Å². The predicted molar refractivity (Wildman–Crippen MR) is 34.6 cm³/mol. The molecule has 1 aliphatic rings. The molecule has 2 heteroatoms. The molecule has 1 aliphatic heterocycles. The van der Waals surface area contributed by atoms with Crippen LogP contribution in [0.3, 0.4) is 0 Å². The quantitative estimate of drug-likeness (QED) is 0.464. The van der Waals surface area contributed by atoms with Gasteiger partial charge in [0.25, 0.3) is 0 Å². The Hall–Kier alpha value is -0.500. The van der Waals surface area contributed by atoms with Gasteiger partial charge in [0, 0.05) is 13.1 Å². The molecule has 0 unspecified atom stereocenters. The van der Waals surface area contributed by atoms with Gasteiger partial charge in [-0.1, -0.05) is 6.08 Å². The Balaban J connectivity index is 2.17. The fourth-order valence-electron chi connectivity index (χ4n) is 0.721. The minimum absolute atomic E-state index is 1.05. The second-order valence-corrected chi connectivity index (χ2v) is 1.90. The highest BCUT2D eigenvalue weighted by atomic mass is 14.9. The number of hydrogen-bond acceptors (Lipinski definition) is 2. The van der Waals surface area contributed by atoms with E-state index in [0.717, 1.165) is 26.1 Å². The van der Waals surface area contributed by atoms with Crippen molar-refractivity contribution in [3.8, 4) is 0 Å². The standard InChI is InChI=1S/C6H12N2/c1-2-4-8-6-5-7-3-1/h1,3,7-8H,2,4-6H2. The van der Waals surface area contributed by atoms with Gasteiger partial charge in [0.1, 0.15) is 0 Å². The molecule has 0 spiro atoms. The van der Waals surface area contributed by atoms with E-state index in [2.05, 4.69) is 16.7 Å². The molecule has 0 fully saturated rings. The first kappa shape index (κ1) is 5.63. The van der Waals surface area contributed by atoms with E-state index in [-0.39, 0.29) is 0 Å². The lowest BCUT2D eigenvalue weighted by atomic mass is 10.4. The molecule has 1 rings (SSSR count). The van der Waals surface area contributed by atoms with E-state index in [1.165, 1.54) is 0 Å². The molecule has 2 nitrogen and oxygen atoms in total. The van der Waals surface area contributed by atoms with Gasteiger partial charge in [0.15, 0.2) is 0 Å². The van der Waals surface area contributed by atoms with Gasteiger partial charge in [-0.2, -0.15) is 0 Å². The zero-order valence-corrected chi connectivity index (χ0v) is 4.98. The molecule has 0 aromatic rings. The SMILES string of the molecule is C1=CNCCNCC1. The van der Waals surface area contributed by atoms with Crippen molar-refractivity contribution in [2.75, 3.05) is 19.6 Å². The van der Waals surface area contributed by atoms with E-state index < -0.39 is 0 Å². The first-order valence-corrected chi connectivity index (χ1v) is 3.09. The van der Waals surface area contributed by atoms with Crippen LogP contribution in [0, 0.1) is 0 Å². The van der Waals surface area contributed by atoms with Crippen molar-refractivity contribution in [1.82, 2.24) is 10.6 Å². The zero-order chi connectivity index (χ0) is 5.66. The van der Waals surface area contributed by atoms with Gasteiger partial charge in [0.2, 0.25) is 0 Å². The van der Waals surface area contributed by atoms with E-state index in [9.17, 15) is 0 Å². The molecule has 0 bridgehead atoms. The Kier molecular flexibility index (Phi) is 2.46. The smallest absolute Gasteiger partial charge is 0.0266 e. The van der Waals surface area contributed by atoms with Crippen LogP contribution in [-0.4, -0.2) is 19.6 Å². The van der Waals surface area contributed by atoms with Crippen LogP contribution in [0.25, 0.3) is 0 Å². The summed E-state index contributed by atoms with van der Waals surface area (Å²) in [6.07, 6.45) is 5.32. The zero-order valence-electron chi connectivity index (χ0n) is 4.98. The molecule has 0 aromatic carbocycles. The highest BCUT2D eigenvalue weighted by Crippen LogP contribution is 1.80. The average Bonchev–Trinajstić information content (AvgIpc) is 1.62. The van der Waals surface area contributed by atoms with Crippen LogP contribution >= 0.6 is 0 Å². The number of nitrogens with one attached hydrogen (secondary N) is 2. The van der Waals surface area contributed by atoms with Crippen molar-refractivity contribution in [2.24, 2.45) is 0 Å². The monoisotopic (exact) mass is 112 g/mol. The molecule has 0 atom stereocenters. The molecule has 1 heterocycles. The molecule has 2 N–H and O–H groups in total. The Morgan fingerprint density at radius 1 is 1.12 bits per heavy atom. The second kappa shape index (κ2) is 3.50. The minimum atomic E-state index is 1.05. The first-order valence-electron chi connectivity index (χ1n) is 3.09. The summed E-state index contributed by atoms with van der Waals surface area (Å²) in [6, 6.07) is 0. The molecule has 0 aromatic heterocycles. The molecule has 0 saturated carbocycles. The van der Waals surface area contributed by atoms with Crippen molar-refractivity contribution < 1.29 is 0 Å². The summed E-state index contributed by atoms with van der Waals surface area (Å²) >= 11 is 0. The van der Waals surface area contributed by atoms with Crippen molar-refractivity contribution in [2.45, 2.75) is 6.42 Å². The van der Waals surface area contributed by atoms with Gasteiger partial charge in [-0.05, 0) is 19.2 Å². The third-order valence-corrected chi connectivity index (χ3v) is 1.17. The maximum absolute atomic E-state index is 3.27. The summed E-state index contributed by atoms with van der Waals surface area (Å²) < 4.78 is 0. The van der Waals surface area contributed by atoms with E-state index in [4.69, 9.17) is 0 Å². The summed E-state index contributed by atoms with van der Waals surface area (Å²) in [5.74, 6) is 0. The molecule has 46 valence electrons. The molecule has 0 amide bonds. The Labute approximate surface area is 50.0 Å². The summed E-state index contributed by atoms with van der Waals surface area (Å²) in [5, 5.41) is 6.42. The summed E-state index contributed by atoms with van der Waals surface area (Å²) in [7, 11) is 0. The Bertz CT molecular complexity index is 68.6. The van der Waals surface area contributed by atoms with Crippen LogP contribution < -0.4 is 10.6 Å². The lowest BCUT2D eigenvalue weighted by Crippen LogP contribution is -2.26. The average molecular weight is 112 g/mol. The van der Waals surface area contributed by atoms with Gasteiger partial charge in [-0.3, -0.25) is 0 Å². The molecule has 8 heavy (non-hydrogen) atoms. The number of rotatable bonds is 0. The topological polar surface area (TPSA) is 24.1 Å². The normalized spacial score (nSPS) is 21.0. The highest BCUT2D eigenvalue weighted by Gasteiger charge is 1.86. The van der Waals surface area contributed by atoms with Crippen LogP contribution in [-0.2, 0) is 0 Å². The van der Waals surface area contributed by atoms with Crippen LogP contribution in [0.5, 0.6) is 0 Å². The largest absolute Gasteiger partial charge is 0.390 e. The maximum Gasteiger partial charge on any atom is 0.0266 e. The van der Waals surface area contributed by atoms with Gasteiger partial charge >= 0.3 is 0 Å². The van der Waals surface area contributed by atoms with Crippen molar-refractivity contribution in [1.29, 1.82) is 0 Å². The first-order chi connectivity index (χ1) is 4.00. The van der Waals surface area contributed by atoms with Crippen molar-refractivity contribution in [3.05, 3.63) is 12.3 Å². The lowest BCUT2D eigenvalue weighted by molar-refractivity contribution is 0.649. The van der Waals surface area contributed by atoms with E-state index >= 15 is 0 Å². The minimum Gasteiger partial charge on any atom is -0.390 e. The van der Waals surface area contributed by atoms with Crippen molar-refractivity contribution >= 4 is 0 Å². The predicted octanol–water partition coefficient (Wildman–Crippen LogP) is 0.0830. The van der Waals surface area contributed by atoms with Crippen molar-refractivity contribution in [3.63, 3.8) is 0 Å². The lowest BCUT2D eigenvalue weighted by Gasteiger charge is -2.05. The highest BCUT2D eigenvalue weighted by molar-refractivity contribution is 4.82. The third kappa shape index (κ3) is 1.98. The third-order valence-electron chi connectivity index (χ3n) is 1.17. The van der Waals surface area contributed by atoms with Crippen LogP contribution in [0.1, 0.15) is 6.42 Å². The molecule has 0 aliphatic carbocycles. The van der Waals surface area contributed by atoms with Gasteiger partial charge in [0.05, 0.1) is 0 Å². The van der Waals surface area contributed by atoms with Crippen LogP contribution in [0.4, 0.5) is 0 Å². The van der Waals surface area contributed by atoms with Gasteiger partial charge < -0.3 is 10.6 Å².